The lowest BCUT2D eigenvalue weighted by atomic mass is 10.0. The number of para-hydroxylation sites is 1. The molecule has 0 bridgehead atoms. The molecule has 0 aliphatic rings. The summed E-state index contributed by atoms with van der Waals surface area (Å²) >= 11 is 6.06. The maximum absolute atomic E-state index is 12.4. The van der Waals surface area contributed by atoms with Crippen LogP contribution in [0.3, 0.4) is 0 Å². The second-order valence-corrected chi connectivity index (χ2v) is 5.84. The van der Waals surface area contributed by atoms with Gasteiger partial charge in [-0.15, -0.1) is 0 Å². The van der Waals surface area contributed by atoms with E-state index in [1.165, 1.54) is 0 Å². The van der Waals surface area contributed by atoms with E-state index in [1.807, 2.05) is 43.3 Å². The van der Waals surface area contributed by atoms with Gasteiger partial charge in [-0.05, 0) is 43.2 Å². The lowest BCUT2D eigenvalue weighted by Crippen LogP contribution is -2.38. The highest BCUT2D eigenvalue weighted by molar-refractivity contribution is 6.32. The van der Waals surface area contributed by atoms with Gasteiger partial charge in [-0.25, -0.2) is 0 Å². The lowest BCUT2D eigenvalue weighted by molar-refractivity contribution is -0.128. The normalized spacial score (nSPS) is 13.0. The Hall–Kier alpha value is -2.20. The van der Waals surface area contributed by atoms with Crippen LogP contribution in [0.25, 0.3) is 0 Å². The second kappa shape index (κ2) is 8.60. The maximum atomic E-state index is 12.4. The summed E-state index contributed by atoms with van der Waals surface area (Å²) in [6.07, 6.45) is 0.133. The Morgan fingerprint density at radius 1 is 1.17 bits per heavy atom. The molecule has 5 heteroatoms. The fourth-order valence-corrected chi connectivity index (χ4v) is 2.51. The van der Waals surface area contributed by atoms with Crippen LogP contribution in [0.4, 0.5) is 0 Å². The van der Waals surface area contributed by atoms with Gasteiger partial charge in [0.15, 0.2) is 6.10 Å². The molecule has 4 nitrogen and oxygen atoms in total. The molecule has 24 heavy (non-hydrogen) atoms. The van der Waals surface area contributed by atoms with Crippen molar-refractivity contribution in [3.05, 3.63) is 59.1 Å². The summed E-state index contributed by atoms with van der Waals surface area (Å²) in [7, 11) is 1.63. The number of ether oxygens (including phenoxy) is 2. The molecule has 2 atom stereocenters. The summed E-state index contributed by atoms with van der Waals surface area (Å²) in [5.74, 6) is 1.10. The first-order valence-electron chi connectivity index (χ1n) is 7.90. The van der Waals surface area contributed by atoms with Crippen LogP contribution in [0, 0.1) is 0 Å². The van der Waals surface area contributed by atoms with Crippen molar-refractivity contribution >= 4 is 17.5 Å². The van der Waals surface area contributed by atoms with E-state index in [2.05, 4.69) is 5.32 Å². The molecule has 0 saturated carbocycles. The van der Waals surface area contributed by atoms with E-state index in [-0.39, 0.29) is 11.9 Å². The van der Waals surface area contributed by atoms with Crippen LogP contribution in [0.5, 0.6) is 11.5 Å². The first kappa shape index (κ1) is 18.1. The fraction of sp³-hybridized carbons (Fsp3) is 0.316. The Morgan fingerprint density at radius 2 is 1.83 bits per heavy atom. The van der Waals surface area contributed by atoms with E-state index in [4.69, 9.17) is 21.1 Å². The summed E-state index contributed by atoms with van der Waals surface area (Å²) in [6.45, 7) is 3.73. The fourth-order valence-electron chi connectivity index (χ4n) is 2.33. The van der Waals surface area contributed by atoms with Crippen LogP contribution >= 0.6 is 11.6 Å². The zero-order valence-electron chi connectivity index (χ0n) is 14.1. The SMILES string of the molecule is CC[C@@H](NC(=O)[C@H](C)Oc1ccccc1Cl)c1ccc(OC)cc1. The van der Waals surface area contributed by atoms with Gasteiger partial charge in [0.1, 0.15) is 11.5 Å². The van der Waals surface area contributed by atoms with Crippen molar-refractivity contribution in [2.45, 2.75) is 32.4 Å². The number of nitrogens with one attached hydrogen (secondary N) is 1. The number of rotatable bonds is 7. The third-order valence-corrected chi connectivity index (χ3v) is 4.06. The number of hydrogen-bond acceptors (Lipinski definition) is 3. The van der Waals surface area contributed by atoms with Gasteiger partial charge in [-0.3, -0.25) is 4.79 Å². The summed E-state index contributed by atoms with van der Waals surface area (Å²) in [5, 5.41) is 3.50. The van der Waals surface area contributed by atoms with Crippen LogP contribution in [0.2, 0.25) is 5.02 Å². The Balaban J connectivity index is 2.01. The molecule has 0 aromatic heterocycles. The van der Waals surface area contributed by atoms with E-state index in [9.17, 15) is 4.79 Å². The van der Waals surface area contributed by atoms with Crippen molar-refractivity contribution in [2.24, 2.45) is 0 Å². The van der Waals surface area contributed by atoms with Crippen molar-refractivity contribution in [1.82, 2.24) is 5.32 Å². The molecule has 2 aromatic rings. The minimum absolute atomic E-state index is 0.0827. The minimum Gasteiger partial charge on any atom is -0.497 e. The molecule has 0 spiro atoms. The molecule has 0 aliphatic carbocycles. The van der Waals surface area contributed by atoms with Crippen molar-refractivity contribution in [1.29, 1.82) is 0 Å². The highest BCUT2D eigenvalue weighted by Gasteiger charge is 2.20. The number of hydrogen-bond donors (Lipinski definition) is 1. The van der Waals surface area contributed by atoms with Gasteiger partial charge in [0, 0.05) is 0 Å². The topological polar surface area (TPSA) is 47.6 Å². The van der Waals surface area contributed by atoms with E-state index in [1.54, 1.807) is 26.2 Å². The molecule has 0 unspecified atom stereocenters. The maximum Gasteiger partial charge on any atom is 0.261 e. The molecular weight excluding hydrogens is 326 g/mol. The molecule has 0 radical (unpaired) electrons. The molecule has 0 saturated heterocycles. The number of methoxy groups -OCH3 is 1. The molecule has 1 N–H and O–H groups in total. The third kappa shape index (κ3) is 4.65. The van der Waals surface area contributed by atoms with E-state index in [0.29, 0.717) is 10.8 Å². The minimum atomic E-state index is -0.641. The summed E-state index contributed by atoms with van der Waals surface area (Å²) in [6, 6.07) is 14.7. The molecule has 0 heterocycles. The van der Waals surface area contributed by atoms with Crippen molar-refractivity contribution in [3.63, 3.8) is 0 Å². The summed E-state index contributed by atoms with van der Waals surface area (Å²) in [4.78, 5) is 12.4. The molecular formula is C19H22ClNO3. The summed E-state index contributed by atoms with van der Waals surface area (Å²) < 4.78 is 10.8. The van der Waals surface area contributed by atoms with Gasteiger partial charge in [0.05, 0.1) is 18.2 Å². The predicted octanol–water partition coefficient (Wildman–Crippen LogP) is 4.38. The predicted molar refractivity (Wildman–Crippen MR) is 95.7 cm³/mol. The molecule has 128 valence electrons. The largest absolute Gasteiger partial charge is 0.497 e. The highest BCUT2D eigenvalue weighted by atomic mass is 35.5. The van der Waals surface area contributed by atoms with E-state index in [0.717, 1.165) is 17.7 Å². The Bertz CT molecular complexity index is 673. The lowest BCUT2D eigenvalue weighted by Gasteiger charge is -2.21. The van der Waals surface area contributed by atoms with Gasteiger partial charge in [-0.1, -0.05) is 42.8 Å². The van der Waals surface area contributed by atoms with Crippen LogP contribution in [-0.4, -0.2) is 19.1 Å². The van der Waals surface area contributed by atoms with Gasteiger partial charge >= 0.3 is 0 Å². The van der Waals surface area contributed by atoms with Gasteiger partial charge in [0.25, 0.3) is 5.91 Å². The van der Waals surface area contributed by atoms with Crippen LogP contribution in [0.15, 0.2) is 48.5 Å². The Labute approximate surface area is 147 Å². The van der Waals surface area contributed by atoms with Gasteiger partial charge in [-0.2, -0.15) is 0 Å². The van der Waals surface area contributed by atoms with Crippen LogP contribution in [-0.2, 0) is 4.79 Å². The Morgan fingerprint density at radius 3 is 2.42 bits per heavy atom. The first-order valence-corrected chi connectivity index (χ1v) is 8.28. The van der Waals surface area contributed by atoms with E-state index >= 15 is 0 Å². The number of benzene rings is 2. The second-order valence-electron chi connectivity index (χ2n) is 5.43. The number of carbonyl (C=O) groups excluding carboxylic acids is 1. The molecule has 2 aromatic carbocycles. The highest BCUT2D eigenvalue weighted by Crippen LogP contribution is 2.25. The smallest absolute Gasteiger partial charge is 0.261 e. The quantitative estimate of drug-likeness (QED) is 0.808. The number of halogens is 1. The third-order valence-electron chi connectivity index (χ3n) is 3.75. The monoisotopic (exact) mass is 347 g/mol. The van der Waals surface area contributed by atoms with Crippen molar-refractivity contribution in [2.75, 3.05) is 7.11 Å². The molecule has 2 rings (SSSR count). The van der Waals surface area contributed by atoms with Gasteiger partial charge < -0.3 is 14.8 Å². The van der Waals surface area contributed by atoms with Crippen LogP contribution < -0.4 is 14.8 Å². The zero-order chi connectivity index (χ0) is 17.5. The van der Waals surface area contributed by atoms with Crippen molar-refractivity contribution in [3.8, 4) is 11.5 Å². The average molecular weight is 348 g/mol. The van der Waals surface area contributed by atoms with Gasteiger partial charge in [0.2, 0.25) is 0 Å². The first-order chi connectivity index (χ1) is 11.5. The molecule has 0 aliphatic heterocycles. The molecule has 0 fully saturated rings. The standard InChI is InChI=1S/C19H22ClNO3/c1-4-17(14-9-11-15(23-3)12-10-14)21-19(22)13(2)24-18-8-6-5-7-16(18)20/h5-13,17H,4H2,1-3H3,(H,21,22)/t13-,17+/m0/s1. The number of carbonyl (C=O) groups is 1. The summed E-state index contributed by atoms with van der Waals surface area (Å²) in [5.41, 5.74) is 1.02. The van der Waals surface area contributed by atoms with E-state index < -0.39 is 6.10 Å². The molecule has 1 amide bonds. The average Bonchev–Trinajstić information content (AvgIpc) is 2.61. The van der Waals surface area contributed by atoms with Crippen LogP contribution in [0.1, 0.15) is 31.9 Å². The zero-order valence-corrected chi connectivity index (χ0v) is 14.8. The number of amides is 1. The van der Waals surface area contributed by atoms with Crippen molar-refractivity contribution < 1.29 is 14.3 Å². The Kier molecular flexibility index (Phi) is 6.50.